The molecule has 0 radical (unpaired) electrons. The van der Waals surface area contributed by atoms with Gasteiger partial charge in [0.25, 0.3) is 0 Å². The molecule has 1 aromatic heterocycles. The van der Waals surface area contributed by atoms with Crippen LogP contribution >= 0.6 is 11.6 Å². The lowest BCUT2D eigenvalue weighted by molar-refractivity contribution is 0.768. The predicted octanol–water partition coefficient (Wildman–Crippen LogP) is 2.20. The first-order valence-corrected chi connectivity index (χ1v) is 5.06. The van der Waals surface area contributed by atoms with E-state index in [2.05, 4.69) is 5.10 Å². The van der Waals surface area contributed by atoms with E-state index in [4.69, 9.17) is 17.3 Å². The van der Waals surface area contributed by atoms with Gasteiger partial charge in [-0.15, -0.1) is 0 Å². The third-order valence-corrected chi connectivity index (χ3v) is 2.66. The first-order chi connectivity index (χ1) is 7.20. The van der Waals surface area contributed by atoms with Crippen molar-refractivity contribution in [2.75, 3.05) is 0 Å². The van der Waals surface area contributed by atoms with Crippen LogP contribution in [0.4, 0.5) is 0 Å². The summed E-state index contributed by atoms with van der Waals surface area (Å²) in [7, 11) is 1.89. The maximum atomic E-state index is 6.08. The molecule has 4 heteroatoms. The Morgan fingerprint density at radius 3 is 2.73 bits per heavy atom. The molecule has 3 nitrogen and oxygen atoms in total. The number of nitrogens with zero attached hydrogens (tertiary/aromatic N) is 2. The monoisotopic (exact) mass is 221 g/mol. The zero-order valence-corrected chi connectivity index (χ0v) is 9.20. The number of halogens is 1. The van der Waals surface area contributed by atoms with Crippen LogP contribution in [0.5, 0.6) is 0 Å². The Kier molecular flexibility index (Phi) is 2.75. The van der Waals surface area contributed by atoms with Crippen molar-refractivity contribution in [1.82, 2.24) is 9.78 Å². The Morgan fingerprint density at radius 1 is 1.40 bits per heavy atom. The molecule has 0 atom stereocenters. The van der Waals surface area contributed by atoms with E-state index in [1.165, 1.54) is 0 Å². The van der Waals surface area contributed by atoms with Crippen LogP contribution in [0.1, 0.15) is 5.56 Å². The number of rotatable bonds is 2. The van der Waals surface area contributed by atoms with Gasteiger partial charge in [-0.2, -0.15) is 5.10 Å². The fourth-order valence-electron chi connectivity index (χ4n) is 1.46. The van der Waals surface area contributed by atoms with Crippen LogP contribution in [-0.2, 0) is 13.6 Å². The average molecular weight is 222 g/mol. The van der Waals surface area contributed by atoms with Gasteiger partial charge in [-0.25, -0.2) is 0 Å². The van der Waals surface area contributed by atoms with E-state index in [1.54, 1.807) is 4.68 Å². The van der Waals surface area contributed by atoms with Crippen LogP contribution in [0.25, 0.3) is 11.1 Å². The molecule has 0 bridgehead atoms. The second kappa shape index (κ2) is 4.04. The highest BCUT2D eigenvalue weighted by molar-refractivity contribution is 6.31. The highest BCUT2D eigenvalue weighted by Crippen LogP contribution is 2.24. The Morgan fingerprint density at radius 2 is 2.20 bits per heavy atom. The van der Waals surface area contributed by atoms with Crippen molar-refractivity contribution in [3.63, 3.8) is 0 Å². The predicted molar refractivity (Wildman–Crippen MR) is 61.5 cm³/mol. The van der Waals surface area contributed by atoms with Crippen molar-refractivity contribution in [2.45, 2.75) is 6.54 Å². The number of aromatic nitrogens is 2. The lowest BCUT2D eigenvalue weighted by Gasteiger charge is -2.03. The molecule has 2 N–H and O–H groups in total. The summed E-state index contributed by atoms with van der Waals surface area (Å²) in [5.74, 6) is 0. The lowest BCUT2D eigenvalue weighted by Crippen LogP contribution is -1.96. The SMILES string of the molecule is Cn1cc(-c2ccc(CN)c(Cl)c2)cn1. The molecular formula is C11H12ClN3. The average Bonchev–Trinajstić information content (AvgIpc) is 2.65. The van der Waals surface area contributed by atoms with E-state index in [-0.39, 0.29) is 0 Å². The fraction of sp³-hybridized carbons (Fsp3) is 0.182. The fourth-order valence-corrected chi connectivity index (χ4v) is 1.72. The first kappa shape index (κ1) is 10.2. The Bertz CT molecular complexity index is 476. The molecule has 15 heavy (non-hydrogen) atoms. The lowest BCUT2D eigenvalue weighted by atomic mass is 10.1. The van der Waals surface area contributed by atoms with Crippen molar-refractivity contribution in [3.05, 3.63) is 41.2 Å². The van der Waals surface area contributed by atoms with E-state index in [0.717, 1.165) is 16.7 Å². The quantitative estimate of drug-likeness (QED) is 0.845. The molecule has 0 amide bonds. The van der Waals surface area contributed by atoms with Gasteiger partial charge in [-0.1, -0.05) is 23.7 Å². The zero-order chi connectivity index (χ0) is 10.8. The van der Waals surface area contributed by atoms with Crippen LogP contribution < -0.4 is 5.73 Å². The summed E-state index contributed by atoms with van der Waals surface area (Å²) < 4.78 is 1.76. The molecule has 0 aliphatic rings. The van der Waals surface area contributed by atoms with Crippen LogP contribution in [0.3, 0.4) is 0 Å². The molecule has 0 saturated heterocycles. The van der Waals surface area contributed by atoms with Gasteiger partial charge in [-0.05, 0) is 17.2 Å². The molecule has 0 fully saturated rings. The summed E-state index contributed by atoms with van der Waals surface area (Å²) in [5, 5.41) is 4.82. The summed E-state index contributed by atoms with van der Waals surface area (Å²) in [6, 6.07) is 5.87. The third kappa shape index (κ3) is 2.03. The van der Waals surface area contributed by atoms with Gasteiger partial charge in [0, 0.05) is 30.4 Å². The number of hydrogen-bond donors (Lipinski definition) is 1. The van der Waals surface area contributed by atoms with Gasteiger partial charge in [0.2, 0.25) is 0 Å². The van der Waals surface area contributed by atoms with E-state index in [9.17, 15) is 0 Å². The second-order valence-corrected chi connectivity index (χ2v) is 3.82. The van der Waals surface area contributed by atoms with Crippen molar-refractivity contribution >= 4 is 11.6 Å². The highest BCUT2D eigenvalue weighted by Gasteiger charge is 2.03. The van der Waals surface area contributed by atoms with Gasteiger partial charge in [0.05, 0.1) is 6.20 Å². The van der Waals surface area contributed by atoms with Crippen LogP contribution in [0, 0.1) is 0 Å². The van der Waals surface area contributed by atoms with Gasteiger partial charge in [0.1, 0.15) is 0 Å². The molecule has 0 aliphatic carbocycles. The third-order valence-electron chi connectivity index (χ3n) is 2.31. The van der Waals surface area contributed by atoms with Crippen LogP contribution in [-0.4, -0.2) is 9.78 Å². The van der Waals surface area contributed by atoms with Crippen molar-refractivity contribution < 1.29 is 0 Å². The zero-order valence-electron chi connectivity index (χ0n) is 8.44. The smallest absolute Gasteiger partial charge is 0.0568 e. The van der Waals surface area contributed by atoms with Crippen molar-refractivity contribution in [2.24, 2.45) is 12.8 Å². The molecule has 1 heterocycles. The number of aryl methyl sites for hydroxylation is 1. The van der Waals surface area contributed by atoms with Crippen molar-refractivity contribution in [1.29, 1.82) is 0 Å². The standard InChI is InChI=1S/C11H12ClN3/c1-15-7-10(6-14-15)8-2-3-9(5-13)11(12)4-8/h2-4,6-7H,5,13H2,1H3. The Labute approximate surface area is 93.5 Å². The maximum Gasteiger partial charge on any atom is 0.0568 e. The minimum atomic E-state index is 0.464. The van der Waals surface area contributed by atoms with Gasteiger partial charge in [-0.3, -0.25) is 4.68 Å². The molecule has 1 aromatic carbocycles. The summed E-state index contributed by atoms with van der Waals surface area (Å²) >= 11 is 6.08. The van der Waals surface area contributed by atoms with Crippen molar-refractivity contribution in [3.8, 4) is 11.1 Å². The van der Waals surface area contributed by atoms with E-state index in [0.29, 0.717) is 11.6 Å². The topological polar surface area (TPSA) is 43.8 Å². The Balaban J connectivity index is 2.42. The maximum absolute atomic E-state index is 6.08. The molecule has 0 spiro atoms. The van der Waals surface area contributed by atoms with E-state index < -0.39 is 0 Å². The summed E-state index contributed by atoms with van der Waals surface area (Å²) in [6.07, 6.45) is 3.77. The minimum Gasteiger partial charge on any atom is -0.326 e. The normalized spacial score (nSPS) is 10.6. The molecule has 2 rings (SSSR count). The Hall–Kier alpha value is -1.32. The van der Waals surface area contributed by atoms with Gasteiger partial charge < -0.3 is 5.73 Å². The summed E-state index contributed by atoms with van der Waals surface area (Å²) in [6.45, 7) is 0.464. The highest BCUT2D eigenvalue weighted by atomic mass is 35.5. The number of benzene rings is 1. The molecule has 2 aromatic rings. The molecule has 78 valence electrons. The van der Waals surface area contributed by atoms with E-state index in [1.807, 2.05) is 37.6 Å². The van der Waals surface area contributed by atoms with Crippen LogP contribution in [0.2, 0.25) is 5.02 Å². The van der Waals surface area contributed by atoms with Crippen LogP contribution in [0.15, 0.2) is 30.6 Å². The van der Waals surface area contributed by atoms with Gasteiger partial charge >= 0.3 is 0 Å². The molecular weight excluding hydrogens is 210 g/mol. The first-order valence-electron chi connectivity index (χ1n) is 4.68. The van der Waals surface area contributed by atoms with E-state index >= 15 is 0 Å². The van der Waals surface area contributed by atoms with Gasteiger partial charge in [0.15, 0.2) is 0 Å². The summed E-state index contributed by atoms with van der Waals surface area (Å²) in [4.78, 5) is 0. The molecule has 0 unspecified atom stereocenters. The summed E-state index contributed by atoms with van der Waals surface area (Å²) in [5.41, 5.74) is 8.62. The largest absolute Gasteiger partial charge is 0.326 e. The second-order valence-electron chi connectivity index (χ2n) is 3.41. The molecule has 0 saturated carbocycles. The number of hydrogen-bond acceptors (Lipinski definition) is 2. The minimum absolute atomic E-state index is 0.464. The number of nitrogens with two attached hydrogens (primary N) is 1. The molecule has 0 aliphatic heterocycles.